The lowest BCUT2D eigenvalue weighted by Crippen LogP contribution is -2.31. The summed E-state index contributed by atoms with van der Waals surface area (Å²) >= 11 is 1.68. The van der Waals surface area contributed by atoms with Crippen molar-refractivity contribution < 1.29 is 9.18 Å². The van der Waals surface area contributed by atoms with Gasteiger partial charge in [-0.2, -0.15) is 11.8 Å². The molecule has 0 bridgehead atoms. The fourth-order valence-electron chi connectivity index (χ4n) is 2.48. The van der Waals surface area contributed by atoms with Gasteiger partial charge in [0.25, 0.3) is 5.91 Å². The first-order valence-electron chi connectivity index (χ1n) is 7.54. The van der Waals surface area contributed by atoms with Gasteiger partial charge in [-0.1, -0.05) is 18.2 Å². The van der Waals surface area contributed by atoms with E-state index in [1.54, 1.807) is 23.9 Å². The van der Waals surface area contributed by atoms with Gasteiger partial charge in [-0.05, 0) is 42.7 Å². The normalized spacial score (nSPS) is 12.2. The van der Waals surface area contributed by atoms with Crippen LogP contribution in [0.3, 0.4) is 0 Å². The standard InChI is InChI=1S/C17H17FN4OS/c1-24-11-9-14(16-21-20-15-8-4-5-10-22(15)16)19-17(23)12-6-2-3-7-13(12)18/h2-8,10,14H,9,11H2,1H3,(H,19,23)/t14-/m1/s1. The zero-order valence-corrected chi connectivity index (χ0v) is 14.0. The lowest BCUT2D eigenvalue weighted by Gasteiger charge is -2.17. The molecule has 5 nitrogen and oxygen atoms in total. The molecule has 0 saturated carbocycles. The molecule has 0 aliphatic carbocycles. The number of carbonyl (C=O) groups is 1. The van der Waals surface area contributed by atoms with Gasteiger partial charge < -0.3 is 5.32 Å². The van der Waals surface area contributed by atoms with E-state index in [2.05, 4.69) is 15.5 Å². The summed E-state index contributed by atoms with van der Waals surface area (Å²) in [5, 5.41) is 11.2. The molecule has 2 aromatic heterocycles. The molecule has 0 radical (unpaired) electrons. The van der Waals surface area contributed by atoms with Crippen LogP contribution in [0.4, 0.5) is 4.39 Å². The number of hydrogen-bond acceptors (Lipinski definition) is 4. The summed E-state index contributed by atoms with van der Waals surface area (Å²) in [7, 11) is 0. The van der Waals surface area contributed by atoms with Crippen molar-refractivity contribution in [1.82, 2.24) is 19.9 Å². The molecular weight excluding hydrogens is 327 g/mol. The highest BCUT2D eigenvalue weighted by atomic mass is 32.2. The molecular formula is C17H17FN4OS. The maximum absolute atomic E-state index is 13.8. The van der Waals surface area contributed by atoms with Crippen LogP contribution in [0.25, 0.3) is 5.65 Å². The molecule has 0 aliphatic heterocycles. The largest absolute Gasteiger partial charge is 0.342 e. The topological polar surface area (TPSA) is 59.3 Å². The highest BCUT2D eigenvalue weighted by Gasteiger charge is 2.22. The van der Waals surface area contributed by atoms with Gasteiger partial charge in [-0.25, -0.2) is 4.39 Å². The first-order valence-corrected chi connectivity index (χ1v) is 8.94. The Labute approximate surface area is 143 Å². The minimum Gasteiger partial charge on any atom is -0.342 e. The molecule has 124 valence electrons. The van der Waals surface area contributed by atoms with Crippen LogP contribution in [0.1, 0.15) is 28.6 Å². The number of hydrogen-bond donors (Lipinski definition) is 1. The van der Waals surface area contributed by atoms with E-state index >= 15 is 0 Å². The van der Waals surface area contributed by atoms with Crippen LogP contribution in [0.5, 0.6) is 0 Å². The molecule has 3 rings (SSSR count). The number of amides is 1. The average Bonchev–Trinajstić information content (AvgIpc) is 3.03. The summed E-state index contributed by atoms with van der Waals surface area (Å²) in [5.41, 5.74) is 0.738. The van der Waals surface area contributed by atoms with Crippen molar-refractivity contribution in [3.63, 3.8) is 0 Å². The SMILES string of the molecule is CSCC[C@@H](NC(=O)c1ccccc1F)c1nnc2ccccn12. The van der Waals surface area contributed by atoms with Crippen molar-refractivity contribution >= 4 is 23.3 Å². The number of rotatable bonds is 6. The molecule has 2 heterocycles. The number of carbonyl (C=O) groups excluding carboxylic acids is 1. The molecule has 1 aromatic carbocycles. The molecule has 0 fully saturated rings. The van der Waals surface area contributed by atoms with E-state index in [1.807, 2.05) is 35.1 Å². The van der Waals surface area contributed by atoms with Crippen LogP contribution < -0.4 is 5.32 Å². The molecule has 0 aliphatic rings. The Hall–Kier alpha value is -2.41. The van der Waals surface area contributed by atoms with Crippen molar-refractivity contribution in [2.75, 3.05) is 12.0 Å². The van der Waals surface area contributed by atoms with E-state index in [-0.39, 0.29) is 11.6 Å². The summed E-state index contributed by atoms with van der Waals surface area (Å²) in [6.07, 6.45) is 4.53. The quantitative estimate of drug-likeness (QED) is 0.746. The predicted octanol–water partition coefficient (Wildman–Crippen LogP) is 3.09. The van der Waals surface area contributed by atoms with Crippen molar-refractivity contribution in [2.45, 2.75) is 12.5 Å². The third-order valence-electron chi connectivity index (χ3n) is 3.69. The number of pyridine rings is 1. The summed E-state index contributed by atoms with van der Waals surface area (Å²) in [5.74, 6) is 0.491. The van der Waals surface area contributed by atoms with Gasteiger partial charge in [-0.3, -0.25) is 9.20 Å². The van der Waals surface area contributed by atoms with Gasteiger partial charge >= 0.3 is 0 Å². The molecule has 1 atom stereocenters. The summed E-state index contributed by atoms with van der Waals surface area (Å²) < 4.78 is 15.7. The van der Waals surface area contributed by atoms with Crippen molar-refractivity contribution in [3.8, 4) is 0 Å². The average molecular weight is 344 g/mol. The lowest BCUT2D eigenvalue weighted by atomic mass is 10.1. The second kappa shape index (κ2) is 7.44. The number of nitrogens with one attached hydrogen (secondary N) is 1. The molecule has 1 N–H and O–H groups in total. The zero-order chi connectivity index (χ0) is 16.9. The van der Waals surface area contributed by atoms with Gasteiger partial charge in [0, 0.05) is 6.20 Å². The second-order valence-electron chi connectivity index (χ2n) is 5.27. The van der Waals surface area contributed by atoms with Crippen LogP contribution in [-0.4, -0.2) is 32.5 Å². The monoisotopic (exact) mass is 344 g/mol. The highest BCUT2D eigenvalue weighted by Crippen LogP contribution is 2.19. The fourth-order valence-corrected chi connectivity index (χ4v) is 2.95. The van der Waals surface area contributed by atoms with E-state index in [0.29, 0.717) is 17.9 Å². The van der Waals surface area contributed by atoms with Gasteiger partial charge in [-0.15, -0.1) is 10.2 Å². The molecule has 0 unspecified atom stereocenters. The Kier molecular flexibility index (Phi) is 5.10. The molecule has 3 aromatic rings. The Bertz CT molecular complexity index is 851. The predicted molar refractivity (Wildman–Crippen MR) is 92.6 cm³/mol. The van der Waals surface area contributed by atoms with Crippen LogP contribution >= 0.6 is 11.8 Å². The van der Waals surface area contributed by atoms with Crippen molar-refractivity contribution in [3.05, 3.63) is 65.9 Å². The third kappa shape index (κ3) is 3.41. The minimum atomic E-state index is -0.537. The smallest absolute Gasteiger partial charge is 0.254 e. The Morgan fingerprint density at radius 2 is 2.04 bits per heavy atom. The van der Waals surface area contributed by atoms with E-state index < -0.39 is 11.7 Å². The van der Waals surface area contributed by atoms with Gasteiger partial charge in [0.2, 0.25) is 0 Å². The fraction of sp³-hybridized carbons (Fsp3) is 0.235. The number of benzene rings is 1. The van der Waals surface area contributed by atoms with Crippen molar-refractivity contribution in [2.24, 2.45) is 0 Å². The Morgan fingerprint density at radius 1 is 1.25 bits per heavy atom. The molecule has 0 saturated heterocycles. The summed E-state index contributed by atoms with van der Waals surface area (Å²) in [6, 6.07) is 11.2. The first-order chi connectivity index (χ1) is 11.7. The van der Waals surface area contributed by atoms with Gasteiger partial charge in [0.1, 0.15) is 5.82 Å². The van der Waals surface area contributed by atoms with E-state index in [9.17, 15) is 9.18 Å². The van der Waals surface area contributed by atoms with Crippen LogP contribution in [0.2, 0.25) is 0 Å². The number of aromatic nitrogens is 3. The number of halogens is 1. The number of fused-ring (bicyclic) bond motifs is 1. The lowest BCUT2D eigenvalue weighted by molar-refractivity contribution is 0.0929. The number of thioether (sulfide) groups is 1. The van der Waals surface area contributed by atoms with Crippen LogP contribution in [0.15, 0.2) is 48.7 Å². The van der Waals surface area contributed by atoms with Gasteiger partial charge in [0.05, 0.1) is 11.6 Å². The molecule has 1 amide bonds. The van der Waals surface area contributed by atoms with E-state index in [0.717, 1.165) is 5.75 Å². The molecule has 7 heteroatoms. The highest BCUT2D eigenvalue weighted by molar-refractivity contribution is 7.98. The second-order valence-corrected chi connectivity index (χ2v) is 6.26. The minimum absolute atomic E-state index is 0.0282. The Balaban J connectivity index is 1.89. The summed E-state index contributed by atoms with van der Waals surface area (Å²) in [6.45, 7) is 0. The maximum Gasteiger partial charge on any atom is 0.254 e. The molecule has 24 heavy (non-hydrogen) atoms. The zero-order valence-electron chi connectivity index (χ0n) is 13.1. The maximum atomic E-state index is 13.8. The molecule has 0 spiro atoms. The number of nitrogens with zero attached hydrogens (tertiary/aromatic N) is 3. The first kappa shape index (κ1) is 16.4. The third-order valence-corrected chi connectivity index (χ3v) is 4.33. The van der Waals surface area contributed by atoms with Crippen LogP contribution in [-0.2, 0) is 0 Å². The van der Waals surface area contributed by atoms with Crippen molar-refractivity contribution in [1.29, 1.82) is 0 Å². The van der Waals surface area contributed by atoms with E-state index in [4.69, 9.17) is 0 Å². The Morgan fingerprint density at radius 3 is 2.83 bits per heavy atom. The van der Waals surface area contributed by atoms with Crippen LogP contribution in [0, 0.1) is 5.82 Å². The van der Waals surface area contributed by atoms with Gasteiger partial charge in [0.15, 0.2) is 11.5 Å². The summed E-state index contributed by atoms with van der Waals surface area (Å²) in [4.78, 5) is 12.5. The van der Waals surface area contributed by atoms with E-state index in [1.165, 1.54) is 12.1 Å².